The van der Waals surface area contributed by atoms with Crippen LogP contribution in [-0.4, -0.2) is 32.2 Å². The maximum Gasteiger partial charge on any atom is 0.319 e. The number of hydrogen-bond acceptors (Lipinski definition) is 4. The van der Waals surface area contributed by atoms with Crippen molar-refractivity contribution >= 4 is 17.6 Å². The Kier molecular flexibility index (Phi) is 2.97. The molecule has 0 radical (unpaired) electrons. The lowest BCUT2D eigenvalue weighted by Crippen LogP contribution is -2.31. The number of carbonyl (C=O) groups excluding carboxylic acids is 1. The quantitative estimate of drug-likeness (QED) is 0.733. The first-order valence-corrected chi connectivity index (χ1v) is 7.66. The molecule has 0 spiro atoms. The van der Waals surface area contributed by atoms with E-state index in [4.69, 9.17) is 5.11 Å². The predicted octanol–water partition coefficient (Wildman–Crippen LogP) is 2.15. The van der Waals surface area contributed by atoms with Gasteiger partial charge in [-0.1, -0.05) is 12.1 Å². The standard InChI is InChI=1S/C16H16N4O3/c21-14(16(6-7-16)15(22)23)17-11-3-1-2-10(8-11)13-18-12(19-20-13)9-4-5-9/h1-3,8-9H,4-7H2,(H,17,21)(H,22,23)(H,18,19,20). The van der Waals surface area contributed by atoms with Crippen molar-refractivity contribution in [2.45, 2.75) is 31.6 Å². The summed E-state index contributed by atoms with van der Waals surface area (Å²) in [6.07, 6.45) is 3.06. The minimum atomic E-state index is -1.25. The van der Waals surface area contributed by atoms with Gasteiger partial charge in [0.2, 0.25) is 5.91 Å². The number of nitrogens with zero attached hydrogens (tertiary/aromatic N) is 2. The fraction of sp³-hybridized carbons (Fsp3) is 0.375. The second-order valence-electron chi connectivity index (χ2n) is 6.24. The van der Waals surface area contributed by atoms with Gasteiger partial charge in [-0.3, -0.25) is 14.7 Å². The summed E-state index contributed by atoms with van der Waals surface area (Å²) in [5.74, 6) is 0.453. The predicted molar refractivity (Wildman–Crippen MR) is 81.7 cm³/mol. The molecule has 7 heteroatoms. The molecular weight excluding hydrogens is 296 g/mol. The van der Waals surface area contributed by atoms with Crippen molar-refractivity contribution < 1.29 is 14.7 Å². The smallest absolute Gasteiger partial charge is 0.319 e. The lowest BCUT2D eigenvalue weighted by molar-refractivity contribution is -0.147. The van der Waals surface area contributed by atoms with E-state index in [2.05, 4.69) is 20.5 Å². The van der Waals surface area contributed by atoms with Crippen molar-refractivity contribution in [3.05, 3.63) is 30.1 Å². The fourth-order valence-electron chi connectivity index (χ4n) is 2.59. The summed E-state index contributed by atoms with van der Waals surface area (Å²) in [7, 11) is 0. The molecule has 1 amide bonds. The molecule has 1 aromatic heterocycles. The summed E-state index contributed by atoms with van der Waals surface area (Å²) >= 11 is 0. The number of amides is 1. The number of aromatic nitrogens is 3. The van der Waals surface area contributed by atoms with E-state index >= 15 is 0 Å². The van der Waals surface area contributed by atoms with Crippen LogP contribution >= 0.6 is 0 Å². The third-order valence-electron chi connectivity index (χ3n) is 4.44. The summed E-state index contributed by atoms with van der Waals surface area (Å²) < 4.78 is 0. The number of hydrogen-bond donors (Lipinski definition) is 3. The molecule has 1 heterocycles. The zero-order valence-electron chi connectivity index (χ0n) is 12.4. The largest absolute Gasteiger partial charge is 0.480 e. The average Bonchev–Trinajstić information content (AvgIpc) is 3.45. The van der Waals surface area contributed by atoms with E-state index in [1.54, 1.807) is 18.2 Å². The minimum absolute atomic E-state index is 0.388. The number of anilines is 1. The highest BCUT2D eigenvalue weighted by Gasteiger charge is 2.57. The van der Waals surface area contributed by atoms with Gasteiger partial charge in [0.1, 0.15) is 11.2 Å². The van der Waals surface area contributed by atoms with Gasteiger partial charge in [-0.05, 0) is 37.8 Å². The zero-order valence-corrected chi connectivity index (χ0v) is 12.4. The molecule has 4 rings (SSSR count). The average molecular weight is 312 g/mol. The van der Waals surface area contributed by atoms with Crippen LogP contribution in [0.25, 0.3) is 11.4 Å². The zero-order chi connectivity index (χ0) is 16.0. The molecule has 0 atom stereocenters. The van der Waals surface area contributed by atoms with Crippen molar-refractivity contribution in [1.82, 2.24) is 15.2 Å². The number of benzene rings is 1. The van der Waals surface area contributed by atoms with E-state index in [-0.39, 0.29) is 0 Å². The lowest BCUT2D eigenvalue weighted by atomic mass is 10.1. The number of rotatable bonds is 5. The number of carboxylic acid groups (broad SMARTS) is 1. The van der Waals surface area contributed by atoms with Gasteiger partial charge in [-0.25, -0.2) is 4.98 Å². The number of aliphatic carboxylic acids is 1. The molecule has 2 fully saturated rings. The molecule has 2 saturated carbocycles. The van der Waals surface area contributed by atoms with E-state index in [0.29, 0.717) is 30.3 Å². The summed E-state index contributed by atoms with van der Waals surface area (Å²) in [5, 5.41) is 19.0. The summed E-state index contributed by atoms with van der Waals surface area (Å²) in [6.45, 7) is 0. The van der Waals surface area contributed by atoms with Crippen molar-refractivity contribution in [2.24, 2.45) is 5.41 Å². The molecule has 3 N–H and O–H groups in total. The first-order valence-electron chi connectivity index (χ1n) is 7.66. The number of H-pyrrole nitrogens is 1. The van der Waals surface area contributed by atoms with Crippen LogP contribution in [0.5, 0.6) is 0 Å². The van der Waals surface area contributed by atoms with Gasteiger partial charge in [0.25, 0.3) is 0 Å². The van der Waals surface area contributed by atoms with Crippen LogP contribution in [0.4, 0.5) is 5.69 Å². The lowest BCUT2D eigenvalue weighted by Gasteiger charge is -2.11. The van der Waals surface area contributed by atoms with E-state index in [9.17, 15) is 9.59 Å². The highest BCUT2D eigenvalue weighted by atomic mass is 16.4. The number of aromatic amines is 1. The molecule has 1 aromatic carbocycles. The van der Waals surface area contributed by atoms with Crippen molar-refractivity contribution in [2.75, 3.05) is 5.32 Å². The van der Waals surface area contributed by atoms with Crippen LogP contribution in [0.1, 0.15) is 37.4 Å². The molecule has 2 aliphatic rings. The van der Waals surface area contributed by atoms with Gasteiger partial charge < -0.3 is 10.4 Å². The summed E-state index contributed by atoms with van der Waals surface area (Å²) in [5.41, 5.74) is 0.0867. The van der Waals surface area contributed by atoms with E-state index < -0.39 is 17.3 Å². The second kappa shape index (κ2) is 4.91. The number of carboxylic acids is 1. The maximum absolute atomic E-state index is 12.2. The molecule has 0 saturated heterocycles. The topological polar surface area (TPSA) is 108 Å². The monoisotopic (exact) mass is 312 g/mol. The van der Waals surface area contributed by atoms with Gasteiger partial charge in [0.15, 0.2) is 5.82 Å². The molecule has 0 unspecified atom stereocenters. The number of carbonyl (C=O) groups is 2. The number of nitrogens with one attached hydrogen (secondary N) is 2. The Balaban J connectivity index is 1.54. The molecule has 23 heavy (non-hydrogen) atoms. The van der Waals surface area contributed by atoms with Crippen molar-refractivity contribution in [3.8, 4) is 11.4 Å². The summed E-state index contributed by atoms with van der Waals surface area (Å²) in [4.78, 5) is 27.8. The molecule has 7 nitrogen and oxygen atoms in total. The highest BCUT2D eigenvalue weighted by molar-refractivity contribution is 6.10. The van der Waals surface area contributed by atoms with Crippen molar-refractivity contribution in [1.29, 1.82) is 0 Å². The third kappa shape index (κ3) is 2.48. The molecule has 118 valence electrons. The molecule has 0 aliphatic heterocycles. The van der Waals surface area contributed by atoms with Crippen LogP contribution in [0, 0.1) is 5.41 Å². The van der Waals surface area contributed by atoms with E-state index in [1.165, 1.54) is 0 Å². The van der Waals surface area contributed by atoms with E-state index in [1.807, 2.05) is 6.07 Å². The van der Waals surface area contributed by atoms with Gasteiger partial charge in [-0.2, -0.15) is 5.10 Å². The van der Waals surface area contributed by atoms with Crippen LogP contribution in [-0.2, 0) is 9.59 Å². The Hall–Kier alpha value is -2.70. The molecule has 2 aliphatic carbocycles. The molecular formula is C16H16N4O3. The maximum atomic E-state index is 12.2. The Bertz CT molecular complexity index is 790. The van der Waals surface area contributed by atoms with Crippen molar-refractivity contribution in [3.63, 3.8) is 0 Å². The van der Waals surface area contributed by atoms with Crippen LogP contribution in [0.3, 0.4) is 0 Å². The Morgan fingerprint density at radius 2 is 2.09 bits per heavy atom. The van der Waals surface area contributed by atoms with Crippen LogP contribution in [0.15, 0.2) is 24.3 Å². The SMILES string of the molecule is O=C(O)C1(C(=O)Nc2cccc(-c3n[nH]c(C4CC4)n3)c2)CC1. The first kappa shape index (κ1) is 13.9. The first-order chi connectivity index (χ1) is 11.1. The molecule has 2 aromatic rings. The Labute approximate surface area is 132 Å². The van der Waals surface area contributed by atoms with E-state index in [0.717, 1.165) is 24.2 Å². The molecule has 0 bridgehead atoms. The minimum Gasteiger partial charge on any atom is -0.480 e. The Morgan fingerprint density at radius 3 is 2.74 bits per heavy atom. The third-order valence-corrected chi connectivity index (χ3v) is 4.44. The van der Waals surface area contributed by atoms with Gasteiger partial charge in [-0.15, -0.1) is 0 Å². The van der Waals surface area contributed by atoms with Crippen LogP contribution < -0.4 is 5.32 Å². The summed E-state index contributed by atoms with van der Waals surface area (Å²) in [6, 6.07) is 7.14. The second-order valence-corrected chi connectivity index (χ2v) is 6.24. The fourth-order valence-corrected chi connectivity index (χ4v) is 2.59. The normalized spacial score (nSPS) is 18.4. The van der Waals surface area contributed by atoms with Crippen LogP contribution in [0.2, 0.25) is 0 Å². The van der Waals surface area contributed by atoms with Gasteiger partial charge in [0, 0.05) is 17.2 Å². The highest BCUT2D eigenvalue weighted by Crippen LogP contribution is 2.46. The van der Waals surface area contributed by atoms with Gasteiger partial charge >= 0.3 is 5.97 Å². The van der Waals surface area contributed by atoms with Gasteiger partial charge in [0.05, 0.1) is 0 Å². The Morgan fingerprint density at radius 1 is 1.30 bits per heavy atom.